The van der Waals surface area contributed by atoms with E-state index >= 15 is 0 Å². The number of likely N-dealkylation sites (N-methyl/N-ethyl adjacent to an activating group) is 1. The molecule has 3 N–H and O–H groups in total. The van der Waals surface area contributed by atoms with Crippen molar-refractivity contribution in [3.8, 4) is 0 Å². The Morgan fingerprint density at radius 2 is 0.699 bits per heavy atom. The van der Waals surface area contributed by atoms with Crippen LogP contribution < -0.4 is 5.32 Å². The number of nitrogens with one attached hydrogen (secondary N) is 1. The van der Waals surface area contributed by atoms with E-state index in [0.717, 1.165) is 51.4 Å². The van der Waals surface area contributed by atoms with Crippen LogP contribution in [0.3, 0.4) is 0 Å². The van der Waals surface area contributed by atoms with Crippen LogP contribution in [0, 0.1) is 0 Å². The number of rotatable bonds is 67. The molecule has 0 radical (unpaired) electrons. The van der Waals surface area contributed by atoms with E-state index in [4.69, 9.17) is 9.05 Å². The van der Waals surface area contributed by atoms with Crippen LogP contribution in [0.2, 0.25) is 0 Å². The maximum Gasteiger partial charge on any atom is 0.472 e. The molecule has 0 saturated carbocycles. The van der Waals surface area contributed by atoms with Crippen molar-refractivity contribution in [3.63, 3.8) is 0 Å². The fraction of sp³-hybridized carbons (Fsp3) is 0.851. The summed E-state index contributed by atoms with van der Waals surface area (Å²) in [5, 5.41) is 14.0. The van der Waals surface area contributed by atoms with Crippen molar-refractivity contribution < 1.29 is 32.9 Å². The average Bonchev–Trinajstić information content (AvgIpc) is 3.49. The Hall–Kier alpha value is -1.80. The molecule has 0 aromatic heterocycles. The van der Waals surface area contributed by atoms with Gasteiger partial charge in [0.2, 0.25) is 5.91 Å². The number of hydrogen-bond donors (Lipinski definition) is 3. The Morgan fingerprint density at radius 3 is 1.05 bits per heavy atom. The van der Waals surface area contributed by atoms with E-state index in [1.54, 1.807) is 6.08 Å². The average molecular weight is 1190 g/mol. The molecular weight excluding hydrogens is 1040 g/mol. The zero-order chi connectivity index (χ0) is 60.5. The van der Waals surface area contributed by atoms with E-state index in [1.165, 1.54) is 283 Å². The van der Waals surface area contributed by atoms with Crippen LogP contribution in [-0.2, 0) is 18.4 Å². The van der Waals surface area contributed by atoms with Gasteiger partial charge >= 0.3 is 7.82 Å². The molecule has 9 heteroatoms. The summed E-state index contributed by atoms with van der Waals surface area (Å²) in [6, 6.07) is -0.866. The van der Waals surface area contributed by atoms with Gasteiger partial charge in [-0.3, -0.25) is 13.8 Å². The zero-order valence-electron chi connectivity index (χ0n) is 55.9. The van der Waals surface area contributed by atoms with Gasteiger partial charge in [0.05, 0.1) is 39.9 Å². The molecule has 0 aliphatic rings. The highest BCUT2D eigenvalue weighted by Crippen LogP contribution is 2.43. The van der Waals surface area contributed by atoms with Crippen LogP contribution in [0.4, 0.5) is 0 Å². The fourth-order valence-electron chi connectivity index (χ4n) is 10.8. The molecule has 488 valence electrons. The molecule has 0 spiro atoms. The van der Waals surface area contributed by atoms with Crippen molar-refractivity contribution in [1.29, 1.82) is 0 Å². The molecule has 0 heterocycles. The van der Waals surface area contributed by atoms with Gasteiger partial charge < -0.3 is 19.8 Å². The number of allylic oxidation sites excluding steroid dienone is 9. The van der Waals surface area contributed by atoms with E-state index in [-0.39, 0.29) is 19.1 Å². The second-order valence-electron chi connectivity index (χ2n) is 26.0. The molecule has 0 fully saturated rings. The van der Waals surface area contributed by atoms with Crippen molar-refractivity contribution >= 4 is 13.7 Å². The highest BCUT2D eigenvalue weighted by Gasteiger charge is 2.28. The van der Waals surface area contributed by atoms with Gasteiger partial charge in [-0.05, 0) is 70.6 Å². The minimum atomic E-state index is -4.36. The lowest BCUT2D eigenvalue weighted by atomic mass is 10.0. The monoisotopic (exact) mass is 1190 g/mol. The van der Waals surface area contributed by atoms with Crippen molar-refractivity contribution in [2.75, 3.05) is 40.9 Å². The third-order valence-electron chi connectivity index (χ3n) is 16.5. The number of carbonyl (C=O) groups excluding carboxylic acids is 1. The molecule has 83 heavy (non-hydrogen) atoms. The van der Waals surface area contributed by atoms with E-state index in [9.17, 15) is 19.4 Å². The third kappa shape index (κ3) is 67.6. The van der Waals surface area contributed by atoms with E-state index in [1.807, 2.05) is 27.2 Å². The molecular formula is C74H142N2O6P+. The lowest BCUT2D eigenvalue weighted by molar-refractivity contribution is -0.870. The second-order valence-corrected chi connectivity index (χ2v) is 27.4. The highest BCUT2D eigenvalue weighted by atomic mass is 31.2. The Morgan fingerprint density at radius 1 is 0.410 bits per heavy atom. The molecule has 0 aliphatic carbocycles. The number of hydrogen-bond acceptors (Lipinski definition) is 5. The standard InChI is InChI=1S/C74H141N2O6P/c1-6-8-10-12-14-16-18-20-22-24-26-28-30-32-34-35-36-37-38-39-40-41-42-44-46-48-50-52-54-56-58-60-62-64-66-68-74(78)75-72(71-82-83(79,80)81-70-69-76(3,4)5)73(77)67-65-63-61-59-57-55-53-51-49-47-45-43-33-31-29-27-25-23-21-19-17-15-13-11-9-7-2/h18,20,24,26,30,32,57,59,65,67,72-73,77H,6-17,19,21-23,25,27-29,31,33-56,58,60-64,66,68-71H2,1-5H3,(H-,75,78,79,80)/p+1/b20-18-,26-24-,32-30-,59-57+,67-65+. The number of unbranched alkanes of at least 4 members (excludes halogenated alkanes) is 46. The first-order valence-electron chi connectivity index (χ1n) is 36.2. The molecule has 0 rings (SSSR count). The fourth-order valence-corrected chi connectivity index (χ4v) is 11.6. The lowest BCUT2D eigenvalue weighted by Crippen LogP contribution is -2.45. The number of phosphoric acid groups is 1. The number of phosphoric ester groups is 1. The van der Waals surface area contributed by atoms with Crippen molar-refractivity contribution in [1.82, 2.24) is 5.32 Å². The number of amides is 1. The number of nitrogens with zero attached hydrogens (tertiary/aromatic N) is 1. The predicted octanol–water partition coefficient (Wildman–Crippen LogP) is 23.2. The molecule has 1 amide bonds. The summed E-state index contributed by atoms with van der Waals surface area (Å²) in [4.78, 5) is 23.4. The molecule has 8 nitrogen and oxygen atoms in total. The maximum absolute atomic E-state index is 13.1. The minimum absolute atomic E-state index is 0.0566. The molecule has 0 bridgehead atoms. The Balaban J connectivity index is 4.05. The van der Waals surface area contributed by atoms with E-state index < -0.39 is 20.0 Å². The molecule has 0 aromatic rings. The quantitative estimate of drug-likeness (QED) is 0.0243. The summed E-state index contributed by atoms with van der Waals surface area (Å²) in [7, 11) is 1.57. The van der Waals surface area contributed by atoms with Crippen molar-refractivity contribution in [2.24, 2.45) is 0 Å². The van der Waals surface area contributed by atoms with Crippen molar-refractivity contribution in [3.05, 3.63) is 60.8 Å². The third-order valence-corrected chi connectivity index (χ3v) is 17.4. The van der Waals surface area contributed by atoms with Crippen LogP contribution in [0.15, 0.2) is 60.8 Å². The van der Waals surface area contributed by atoms with E-state index in [2.05, 4.69) is 67.8 Å². The topological polar surface area (TPSA) is 105 Å². The number of quaternary nitrogens is 1. The second kappa shape index (κ2) is 64.7. The van der Waals surface area contributed by atoms with Gasteiger partial charge in [-0.2, -0.15) is 0 Å². The molecule has 3 unspecified atom stereocenters. The minimum Gasteiger partial charge on any atom is -0.387 e. The zero-order valence-corrected chi connectivity index (χ0v) is 56.8. The largest absolute Gasteiger partial charge is 0.472 e. The van der Waals surface area contributed by atoms with Gasteiger partial charge in [0.1, 0.15) is 13.2 Å². The number of carbonyl (C=O) groups is 1. The van der Waals surface area contributed by atoms with Gasteiger partial charge in [0, 0.05) is 6.42 Å². The Labute approximate surface area is 517 Å². The van der Waals surface area contributed by atoms with Crippen molar-refractivity contribution in [2.45, 2.75) is 366 Å². The van der Waals surface area contributed by atoms with Crippen LogP contribution in [-0.4, -0.2) is 73.4 Å². The van der Waals surface area contributed by atoms with Gasteiger partial charge in [-0.25, -0.2) is 4.57 Å². The molecule has 0 aliphatic heterocycles. The van der Waals surface area contributed by atoms with Gasteiger partial charge in [0.25, 0.3) is 0 Å². The summed E-state index contributed by atoms with van der Waals surface area (Å²) in [5.41, 5.74) is 0. The molecule has 3 atom stereocenters. The van der Waals surface area contributed by atoms with E-state index in [0.29, 0.717) is 17.4 Å². The Bertz CT molecular complexity index is 1540. The highest BCUT2D eigenvalue weighted by molar-refractivity contribution is 7.47. The van der Waals surface area contributed by atoms with Gasteiger partial charge in [-0.15, -0.1) is 0 Å². The smallest absolute Gasteiger partial charge is 0.387 e. The first-order valence-corrected chi connectivity index (χ1v) is 37.7. The maximum atomic E-state index is 13.1. The summed E-state index contributed by atoms with van der Waals surface area (Å²) < 4.78 is 23.8. The van der Waals surface area contributed by atoms with Crippen LogP contribution in [0.1, 0.15) is 354 Å². The van der Waals surface area contributed by atoms with Crippen LogP contribution in [0.5, 0.6) is 0 Å². The molecule has 0 saturated heterocycles. The Kier molecular flexibility index (Phi) is 63.3. The summed E-state index contributed by atoms with van der Waals surface area (Å²) >= 11 is 0. The SMILES string of the molecule is CCCCCCC/C=C\C/C=C\C/C=C\CCCCCCCCCCCCCCCCCCCCCCC(=O)NC(COP(=O)(O)OCC[N+](C)(C)C)C(O)/C=C/CC/C=C/CCCCCCCCCCCCCCCCCCCCCC. The van der Waals surface area contributed by atoms with Crippen LogP contribution >= 0.6 is 7.82 Å². The molecule has 0 aromatic carbocycles. The number of aliphatic hydroxyl groups excluding tert-OH is 1. The first-order chi connectivity index (χ1) is 40.5. The van der Waals surface area contributed by atoms with Crippen LogP contribution in [0.25, 0.3) is 0 Å². The normalized spacial score (nSPS) is 14.0. The lowest BCUT2D eigenvalue weighted by Gasteiger charge is -2.25. The number of aliphatic hydroxyl groups is 1. The summed E-state index contributed by atoms with van der Waals surface area (Å²) in [6.07, 6.45) is 89.5. The van der Waals surface area contributed by atoms with Gasteiger partial charge in [0.15, 0.2) is 0 Å². The summed E-state index contributed by atoms with van der Waals surface area (Å²) in [6.45, 7) is 4.83. The summed E-state index contributed by atoms with van der Waals surface area (Å²) in [5.74, 6) is -0.181. The van der Waals surface area contributed by atoms with Gasteiger partial charge in [-0.1, -0.05) is 338 Å². The first kappa shape index (κ1) is 81.2. The predicted molar refractivity (Wildman–Crippen MR) is 364 cm³/mol.